The number of pyridine rings is 1. The highest BCUT2D eigenvalue weighted by Gasteiger charge is 2.18. The van der Waals surface area contributed by atoms with Crippen molar-refractivity contribution in [1.82, 2.24) is 4.98 Å². The number of hydrogen-bond acceptors (Lipinski definition) is 5. The van der Waals surface area contributed by atoms with Gasteiger partial charge in [0.1, 0.15) is 0 Å². The standard InChI is InChI=1S/C11H14ClN3O2S/c12-9-5-10(15(16)17)11(14-7-9)13-6-8-1-3-18-4-2-8/h5,7-8H,1-4,6H2,(H,13,14). The molecule has 1 aromatic rings. The Balaban J connectivity index is 2.01. The number of nitrogens with one attached hydrogen (secondary N) is 1. The van der Waals surface area contributed by atoms with Crippen LogP contribution in [0.2, 0.25) is 5.02 Å². The van der Waals surface area contributed by atoms with Gasteiger partial charge >= 0.3 is 5.69 Å². The summed E-state index contributed by atoms with van der Waals surface area (Å²) in [7, 11) is 0. The number of rotatable bonds is 4. The molecule has 1 aliphatic rings. The molecule has 0 unspecified atom stereocenters. The molecule has 0 atom stereocenters. The molecule has 0 amide bonds. The lowest BCUT2D eigenvalue weighted by Gasteiger charge is -2.21. The van der Waals surface area contributed by atoms with E-state index in [1.807, 2.05) is 11.8 Å². The van der Waals surface area contributed by atoms with Gasteiger partial charge in [-0.2, -0.15) is 11.8 Å². The minimum atomic E-state index is -0.460. The lowest BCUT2D eigenvalue weighted by atomic mass is 10.0. The van der Waals surface area contributed by atoms with Gasteiger partial charge in [0.2, 0.25) is 5.82 Å². The van der Waals surface area contributed by atoms with E-state index in [0.717, 1.165) is 19.4 Å². The minimum absolute atomic E-state index is 0.0623. The third kappa shape index (κ3) is 3.49. The lowest BCUT2D eigenvalue weighted by Crippen LogP contribution is -2.20. The number of halogens is 1. The van der Waals surface area contributed by atoms with Gasteiger partial charge in [-0.25, -0.2) is 4.98 Å². The second kappa shape index (κ2) is 6.24. The topological polar surface area (TPSA) is 68.1 Å². The molecule has 5 nitrogen and oxygen atoms in total. The quantitative estimate of drug-likeness (QED) is 0.680. The number of aromatic nitrogens is 1. The van der Waals surface area contributed by atoms with Crippen LogP contribution in [0.15, 0.2) is 12.3 Å². The molecule has 1 saturated heterocycles. The molecule has 98 valence electrons. The van der Waals surface area contributed by atoms with E-state index in [1.54, 1.807) is 0 Å². The summed E-state index contributed by atoms with van der Waals surface area (Å²) in [5.41, 5.74) is -0.0623. The fourth-order valence-electron chi connectivity index (χ4n) is 1.90. The maximum Gasteiger partial charge on any atom is 0.312 e. The van der Waals surface area contributed by atoms with Crippen molar-refractivity contribution in [2.45, 2.75) is 12.8 Å². The first-order valence-corrected chi connectivity index (χ1v) is 7.31. The van der Waals surface area contributed by atoms with Crippen molar-refractivity contribution >= 4 is 34.9 Å². The molecule has 1 N–H and O–H groups in total. The van der Waals surface area contributed by atoms with E-state index in [-0.39, 0.29) is 10.7 Å². The zero-order chi connectivity index (χ0) is 13.0. The normalized spacial score (nSPS) is 16.5. The first-order valence-electron chi connectivity index (χ1n) is 5.78. The molecule has 18 heavy (non-hydrogen) atoms. The van der Waals surface area contributed by atoms with Crippen molar-refractivity contribution in [3.8, 4) is 0 Å². The van der Waals surface area contributed by atoms with Crippen LogP contribution in [-0.2, 0) is 0 Å². The summed E-state index contributed by atoms with van der Waals surface area (Å²) >= 11 is 7.67. The maximum atomic E-state index is 10.9. The van der Waals surface area contributed by atoms with Gasteiger partial charge in [-0.1, -0.05) is 11.6 Å². The molecule has 1 aromatic heterocycles. The van der Waals surface area contributed by atoms with E-state index in [1.165, 1.54) is 23.8 Å². The Hall–Kier alpha value is -1.01. The summed E-state index contributed by atoms with van der Waals surface area (Å²) in [6.45, 7) is 0.732. The van der Waals surface area contributed by atoms with Crippen molar-refractivity contribution in [2.24, 2.45) is 5.92 Å². The maximum absolute atomic E-state index is 10.9. The van der Waals surface area contributed by atoms with Crippen LogP contribution >= 0.6 is 23.4 Å². The van der Waals surface area contributed by atoms with Gasteiger partial charge in [0.05, 0.1) is 9.95 Å². The first kappa shape index (κ1) is 13.4. The van der Waals surface area contributed by atoms with Crippen molar-refractivity contribution in [3.63, 3.8) is 0 Å². The van der Waals surface area contributed by atoms with Crippen LogP contribution in [0.4, 0.5) is 11.5 Å². The average molecular weight is 288 g/mol. The Kier molecular flexibility index (Phi) is 4.66. The van der Waals surface area contributed by atoms with Crippen LogP contribution in [0.25, 0.3) is 0 Å². The second-order valence-electron chi connectivity index (χ2n) is 4.22. The van der Waals surface area contributed by atoms with Gasteiger partial charge < -0.3 is 5.32 Å². The molecule has 2 heterocycles. The van der Waals surface area contributed by atoms with Gasteiger partial charge in [-0.05, 0) is 30.3 Å². The predicted octanol–water partition coefficient (Wildman–Crippen LogP) is 3.20. The highest BCUT2D eigenvalue weighted by molar-refractivity contribution is 7.99. The van der Waals surface area contributed by atoms with Crippen LogP contribution in [0, 0.1) is 16.0 Å². The average Bonchev–Trinajstić information content (AvgIpc) is 2.38. The summed E-state index contributed by atoms with van der Waals surface area (Å²) in [5, 5.41) is 14.2. The molecule has 0 radical (unpaired) electrons. The Bertz CT molecular complexity index is 438. The van der Waals surface area contributed by atoms with Crippen molar-refractivity contribution in [1.29, 1.82) is 0 Å². The first-order chi connectivity index (χ1) is 8.66. The summed E-state index contributed by atoms with van der Waals surface area (Å²) < 4.78 is 0. The zero-order valence-corrected chi connectivity index (χ0v) is 11.3. The molecule has 0 saturated carbocycles. The minimum Gasteiger partial charge on any atom is -0.364 e. The van der Waals surface area contributed by atoms with Crippen LogP contribution in [0.1, 0.15) is 12.8 Å². The number of nitrogens with zero attached hydrogens (tertiary/aromatic N) is 2. The molecule has 1 aliphatic heterocycles. The highest BCUT2D eigenvalue weighted by atomic mass is 35.5. The van der Waals surface area contributed by atoms with Gasteiger partial charge in [0.15, 0.2) is 0 Å². The number of thioether (sulfide) groups is 1. The largest absolute Gasteiger partial charge is 0.364 e. The van der Waals surface area contributed by atoms with Crippen LogP contribution in [0.3, 0.4) is 0 Å². The third-order valence-electron chi connectivity index (χ3n) is 2.93. The summed E-state index contributed by atoms with van der Waals surface area (Å²) in [6.07, 6.45) is 3.73. The fraction of sp³-hybridized carbons (Fsp3) is 0.545. The molecule has 0 spiro atoms. The van der Waals surface area contributed by atoms with E-state index >= 15 is 0 Å². The Morgan fingerprint density at radius 2 is 2.28 bits per heavy atom. The van der Waals surface area contributed by atoms with Gasteiger partial charge in [-0.3, -0.25) is 10.1 Å². The highest BCUT2D eigenvalue weighted by Crippen LogP contribution is 2.27. The molecular weight excluding hydrogens is 274 g/mol. The molecule has 0 bridgehead atoms. The Morgan fingerprint density at radius 3 is 2.94 bits per heavy atom. The third-order valence-corrected chi connectivity index (χ3v) is 4.19. The van der Waals surface area contributed by atoms with Gasteiger partial charge in [0.25, 0.3) is 0 Å². The van der Waals surface area contributed by atoms with E-state index in [4.69, 9.17) is 11.6 Å². The SMILES string of the molecule is O=[N+]([O-])c1cc(Cl)cnc1NCC1CCSCC1. The fourth-order valence-corrected chi connectivity index (χ4v) is 3.25. The zero-order valence-electron chi connectivity index (χ0n) is 9.76. The van der Waals surface area contributed by atoms with Crippen LogP contribution < -0.4 is 5.32 Å². The molecule has 0 aromatic carbocycles. The number of anilines is 1. The van der Waals surface area contributed by atoms with E-state index < -0.39 is 4.92 Å². The van der Waals surface area contributed by atoms with Crippen LogP contribution in [-0.4, -0.2) is 28.0 Å². The molecule has 0 aliphatic carbocycles. The Labute approximate surface area is 114 Å². The molecule has 7 heteroatoms. The molecule has 2 rings (SSSR count). The summed E-state index contributed by atoms with van der Waals surface area (Å²) in [5.74, 6) is 3.22. The number of hydrogen-bond donors (Lipinski definition) is 1. The van der Waals surface area contributed by atoms with E-state index in [2.05, 4.69) is 10.3 Å². The lowest BCUT2D eigenvalue weighted by molar-refractivity contribution is -0.384. The predicted molar refractivity (Wildman–Crippen MR) is 74.4 cm³/mol. The molecular formula is C11H14ClN3O2S. The van der Waals surface area contributed by atoms with Crippen molar-refractivity contribution < 1.29 is 4.92 Å². The van der Waals surface area contributed by atoms with Crippen molar-refractivity contribution in [3.05, 3.63) is 27.4 Å². The second-order valence-corrected chi connectivity index (χ2v) is 5.88. The summed E-state index contributed by atoms with van der Waals surface area (Å²) in [6, 6.07) is 1.33. The Morgan fingerprint density at radius 1 is 1.56 bits per heavy atom. The van der Waals surface area contributed by atoms with Crippen LogP contribution in [0.5, 0.6) is 0 Å². The monoisotopic (exact) mass is 287 g/mol. The molecule has 1 fully saturated rings. The van der Waals surface area contributed by atoms with Crippen molar-refractivity contribution in [2.75, 3.05) is 23.4 Å². The van der Waals surface area contributed by atoms with Gasteiger partial charge in [-0.15, -0.1) is 0 Å². The summed E-state index contributed by atoms with van der Waals surface area (Å²) in [4.78, 5) is 14.4. The van der Waals surface area contributed by atoms with Gasteiger partial charge in [0, 0.05) is 18.8 Å². The van der Waals surface area contributed by atoms with E-state index in [9.17, 15) is 10.1 Å². The smallest absolute Gasteiger partial charge is 0.312 e. The number of nitro groups is 1. The van der Waals surface area contributed by atoms with E-state index in [0.29, 0.717) is 11.7 Å².